The number of anilines is 1. The number of nitrogens with zero attached hydrogens (tertiary/aromatic N) is 2. The summed E-state index contributed by atoms with van der Waals surface area (Å²) < 4.78 is 1.34. The molecular weight excluding hydrogens is 226 g/mol. The van der Waals surface area contributed by atoms with Gasteiger partial charge in [-0.05, 0) is 25.3 Å². The highest BCUT2D eigenvalue weighted by Crippen LogP contribution is 2.49. The molecule has 0 spiro atoms. The highest BCUT2D eigenvalue weighted by Gasteiger charge is 2.52. The van der Waals surface area contributed by atoms with Crippen LogP contribution in [0.25, 0.3) is 0 Å². The van der Waals surface area contributed by atoms with Crippen molar-refractivity contribution in [3.8, 4) is 0 Å². The number of hydrogen-bond acceptors (Lipinski definition) is 3. The minimum atomic E-state index is -0.409. The van der Waals surface area contributed by atoms with Crippen molar-refractivity contribution < 1.29 is 4.79 Å². The van der Waals surface area contributed by atoms with Gasteiger partial charge in [0.05, 0.1) is 11.1 Å². The number of benzene rings is 1. The summed E-state index contributed by atoms with van der Waals surface area (Å²) in [6.45, 7) is 1.84. The van der Waals surface area contributed by atoms with Gasteiger partial charge in [-0.25, -0.2) is 0 Å². The second-order valence-electron chi connectivity index (χ2n) is 4.88. The summed E-state index contributed by atoms with van der Waals surface area (Å²) in [5.74, 6) is 0.402. The van der Waals surface area contributed by atoms with E-state index in [0.29, 0.717) is 5.82 Å². The molecule has 0 saturated heterocycles. The lowest BCUT2D eigenvalue weighted by molar-refractivity contribution is 0.0848. The Bertz CT molecular complexity index is 597. The quantitative estimate of drug-likeness (QED) is 0.876. The van der Waals surface area contributed by atoms with Gasteiger partial charge >= 0.3 is 0 Å². The van der Waals surface area contributed by atoms with Crippen LogP contribution in [0.4, 0.5) is 5.82 Å². The van der Waals surface area contributed by atoms with Gasteiger partial charge in [-0.1, -0.05) is 30.3 Å². The van der Waals surface area contributed by atoms with E-state index >= 15 is 0 Å². The van der Waals surface area contributed by atoms with E-state index in [4.69, 9.17) is 5.73 Å². The number of rotatable bonds is 2. The molecule has 0 amide bonds. The first-order valence-electron chi connectivity index (χ1n) is 6.06. The molecule has 92 valence electrons. The number of aromatic nitrogens is 2. The first-order valence-corrected chi connectivity index (χ1v) is 6.06. The van der Waals surface area contributed by atoms with Gasteiger partial charge in [0.15, 0.2) is 0 Å². The number of nitrogen functional groups attached to an aromatic ring is 1. The summed E-state index contributed by atoms with van der Waals surface area (Å²) in [5, 5.41) is 4.18. The number of carbonyl (C=O) groups is 1. The Hall–Kier alpha value is -2.10. The molecule has 1 heterocycles. The predicted molar refractivity (Wildman–Crippen MR) is 69.4 cm³/mol. The van der Waals surface area contributed by atoms with E-state index in [9.17, 15) is 4.79 Å². The van der Waals surface area contributed by atoms with E-state index in [-0.39, 0.29) is 5.91 Å². The van der Waals surface area contributed by atoms with E-state index < -0.39 is 5.41 Å². The normalized spacial score (nSPS) is 16.5. The summed E-state index contributed by atoms with van der Waals surface area (Å²) in [6, 6.07) is 11.6. The predicted octanol–water partition coefficient (Wildman–Crippen LogP) is 2.15. The third kappa shape index (κ3) is 1.53. The van der Waals surface area contributed by atoms with Crippen LogP contribution in [0.15, 0.2) is 36.4 Å². The molecule has 18 heavy (non-hydrogen) atoms. The van der Waals surface area contributed by atoms with Gasteiger partial charge in [-0.2, -0.15) is 9.78 Å². The van der Waals surface area contributed by atoms with E-state index in [1.807, 2.05) is 37.3 Å². The van der Waals surface area contributed by atoms with Crippen LogP contribution in [-0.4, -0.2) is 15.7 Å². The fraction of sp³-hybridized carbons (Fsp3) is 0.286. The Labute approximate surface area is 105 Å². The van der Waals surface area contributed by atoms with Gasteiger partial charge in [0, 0.05) is 6.07 Å². The molecule has 1 aliphatic carbocycles. The molecule has 1 aromatic carbocycles. The topological polar surface area (TPSA) is 60.9 Å². The van der Waals surface area contributed by atoms with Crippen molar-refractivity contribution in [1.29, 1.82) is 0 Å². The fourth-order valence-electron chi connectivity index (χ4n) is 2.39. The van der Waals surface area contributed by atoms with Crippen molar-refractivity contribution in [2.75, 3.05) is 5.73 Å². The first-order chi connectivity index (χ1) is 8.63. The molecule has 4 heteroatoms. The van der Waals surface area contributed by atoms with Gasteiger partial charge in [0.2, 0.25) is 0 Å². The Morgan fingerprint density at radius 2 is 2.00 bits per heavy atom. The SMILES string of the molecule is Cc1cc(N)n(C(=O)C2(c3ccccc3)CC2)n1. The van der Waals surface area contributed by atoms with Gasteiger partial charge in [0.25, 0.3) is 5.91 Å². The molecule has 1 saturated carbocycles. The number of hydrogen-bond donors (Lipinski definition) is 1. The van der Waals surface area contributed by atoms with Crippen LogP contribution in [0.3, 0.4) is 0 Å². The molecule has 2 N–H and O–H groups in total. The van der Waals surface area contributed by atoms with Crippen molar-refractivity contribution in [2.24, 2.45) is 0 Å². The first kappa shape index (κ1) is 11.0. The summed E-state index contributed by atoms with van der Waals surface area (Å²) in [4.78, 5) is 12.6. The second kappa shape index (κ2) is 3.70. The molecule has 4 nitrogen and oxygen atoms in total. The van der Waals surface area contributed by atoms with Crippen LogP contribution < -0.4 is 5.73 Å². The van der Waals surface area contributed by atoms with E-state index in [1.54, 1.807) is 6.07 Å². The van der Waals surface area contributed by atoms with Crippen LogP contribution in [0, 0.1) is 6.92 Å². The Balaban J connectivity index is 2.01. The lowest BCUT2D eigenvalue weighted by Crippen LogP contribution is -2.28. The minimum absolute atomic E-state index is 0.0145. The molecule has 1 aliphatic rings. The van der Waals surface area contributed by atoms with E-state index in [0.717, 1.165) is 24.1 Å². The number of nitrogens with two attached hydrogens (primary N) is 1. The zero-order chi connectivity index (χ0) is 12.8. The molecule has 1 fully saturated rings. The third-order valence-corrected chi connectivity index (χ3v) is 3.54. The Morgan fingerprint density at radius 1 is 1.33 bits per heavy atom. The summed E-state index contributed by atoms with van der Waals surface area (Å²) in [7, 11) is 0. The van der Waals surface area contributed by atoms with E-state index in [1.165, 1.54) is 4.68 Å². The van der Waals surface area contributed by atoms with Crippen LogP contribution in [-0.2, 0) is 5.41 Å². The maximum atomic E-state index is 12.6. The molecule has 1 aromatic heterocycles. The van der Waals surface area contributed by atoms with Crippen molar-refractivity contribution >= 4 is 11.7 Å². The molecule has 0 radical (unpaired) electrons. The maximum absolute atomic E-state index is 12.6. The second-order valence-corrected chi connectivity index (χ2v) is 4.88. The van der Waals surface area contributed by atoms with Crippen LogP contribution in [0.5, 0.6) is 0 Å². The Morgan fingerprint density at radius 3 is 2.50 bits per heavy atom. The maximum Gasteiger partial charge on any atom is 0.259 e. The van der Waals surface area contributed by atoms with Crippen molar-refractivity contribution in [3.05, 3.63) is 47.7 Å². The van der Waals surface area contributed by atoms with Gasteiger partial charge in [0.1, 0.15) is 5.82 Å². The zero-order valence-electron chi connectivity index (χ0n) is 10.3. The van der Waals surface area contributed by atoms with Crippen LogP contribution in [0.2, 0.25) is 0 Å². The van der Waals surface area contributed by atoms with Crippen molar-refractivity contribution in [2.45, 2.75) is 25.2 Å². The molecule has 0 bridgehead atoms. The molecule has 0 unspecified atom stereocenters. The summed E-state index contributed by atoms with van der Waals surface area (Å²) in [5.41, 5.74) is 7.24. The van der Waals surface area contributed by atoms with Gasteiger partial charge in [-0.15, -0.1) is 0 Å². The van der Waals surface area contributed by atoms with Crippen molar-refractivity contribution in [3.63, 3.8) is 0 Å². The number of carbonyl (C=O) groups excluding carboxylic acids is 1. The van der Waals surface area contributed by atoms with Crippen molar-refractivity contribution in [1.82, 2.24) is 9.78 Å². The van der Waals surface area contributed by atoms with Crippen LogP contribution >= 0.6 is 0 Å². The standard InChI is InChI=1S/C14H15N3O/c1-10-9-12(15)17(16-10)13(18)14(7-8-14)11-5-3-2-4-6-11/h2-6,9H,7-8,15H2,1H3. The molecule has 3 rings (SSSR count). The minimum Gasteiger partial charge on any atom is -0.383 e. The molecular formula is C14H15N3O. The lowest BCUT2D eigenvalue weighted by Gasteiger charge is -2.14. The average molecular weight is 241 g/mol. The molecule has 0 aliphatic heterocycles. The number of aryl methyl sites for hydroxylation is 1. The monoisotopic (exact) mass is 241 g/mol. The Kier molecular flexibility index (Phi) is 2.26. The van der Waals surface area contributed by atoms with Gasteiger partial charge < -0.3 is 5.73 Å². The molecule has 2 aromatic rings. The zero-order valence-corrected chi connectivity index (χ0v) is 10.3. The third-order valence-electron chi connectivity index (χ3n) is 3.54. The highest BCUT2D eigenvalue weighted by molar-refractivity contribution is 5.94. The summed E-state index contributed by atoms with van der Waals surface area (Å²) >= 11 is 0. The largest absolute Gasteiger partial charge is 0.383 e. The molecule has 0 atom stereocenters. The van der Waals surface area contributed by atoms with Crippen LogP contribution in [0.1, 0.15) is 28.9 Å². The van der Waals surface area contributed by atoms with Gasteiger partial charge in [-0.3, -0.25) is 4.79 Å². The lowest BCUT2D eigenvalue weighted by atomic mass is 9.95. The van der Waals surface area contributed by atoms with E-state index in [2.05, 4.69) is 5.10 Å². The summed E-state index contributed by atoms with van der Waals surface area (Å²) in [6.07, 6.45) is 1.74. The average Bonchev–Trinajstić information content (AvgIpc) is 3.11. The smallest absolute Gasteiger partial charge is 0.259 e. The highest BCUT2D eigenvalue weighted by atomic mass is 16.2. The fourth-order valence-corrected chi connectivity index (χ4v) is 2.39.